The van der Waals surface area contributed by atoms with Crippen molar-refractivity contribution in [2.24, 2.45) is 0 Å². The molecule has 1 atom stereocenters. The third kappa shape index (κ3) is 4.48. The Balaban J connectivity index is 1.30. The number of morpholine rings is 1. The minimum absolute atomic E-state index is 0.0609. The Morgan fingerprint density at radius 1 is 1.14 bits per heavy atom. The molecule has 184 valence electrons. The fourth-order valence-electron chi connectivity index (χ4n) is 4.66. The van der Waals surface area contributed by atoms with Crippen LogP contribution in [-0.4, -0.2) is 39.2 Å². The molecule has 6 rings (SSSR count). The maximum absolute atomic E-state index is 13.4. The number of rotatable bonds is 6. The summed E-state index contributed by atoms with van der Waals surface area (Å²) in [7, 11) is 0. The van der Waals surface area contributed by atoms with E-state index in [4.69, 9.17) is 16.3 Å². The van der Waals surface area contributed by atoms with Gasteiger partial charge < -0.3 is 15.4 Å². The summed E-state index contributed by atoms with van der Waals surface area (Å²) in [4.78, 5) is 27.1. The van der Waals surface area contributed by atoms with Crippen LogP contribution in [0.3, 0.4) is 0 Å². The van der Waals surface area contributed by atoms with Crippen LogP contribution in [0.4, 0.5) is 11.6 Å². The molecule has 1 saturated carbocycles. The number of hydrogen-bond donors (Lipinski definition) is 2. The van der Waals surface area contributed by atoms with Crippen molar-refractivity contribution in [2.75, 3.05) is 25.0 Å². The molecule has 4 aromatic rings. The van der Waals surface area contributed by atoms with Crippen molar-refractivity contribution in [3.63, 3.8) is 0 Å². The molecule has 9 heteroatoms. The molecule has 0 bridgehead atoms. The van der Waals surface area contributed by atoms with Crippen LogP contribution in [0, 0.1) is 0 Å². The largest absolute Gasteiger partial charge is 0.371 e. The van der Waals surface area contributed by atoms with Gasteiger partial charge in [-0.05, 0) is 61.1 Å². The highest BCUT2D eigenvalue weighted by Gasteiger charge is 2.25. The van der Waals surface area contributed by atoms with Crippen LogP contribution in [0.1, 0.15) is 42.9 Å². The Hall–Kier alpha value is -3.33. The lowest BCUT2D eigenvalue weighted by atomic mass is 10.1. The first-order valence-electron chi connectivity index (χ1n) is 12.4. The van der Waals surface area contributed by atoms with Gasteiger partial charge in [-0.25, -0.2) is 4.98 Å². The quantitative estimate of drug-likeness (QED) is 0.391. The summed E-state index contributed by atoms with van der Waals surface area (Å²) in [6.45, 7) is 4.79. The van der Waals surface area contributed by atoms with Crippen molar-refractivity contribution in [1.29, 1.82) is 0 Å². The van der Waals surface area contributed by atoms with E-state index in [-0.39, 0.29) is 11.7 Å². The number of aryl methyl sites for hydroxylation is 1. The maximum atomic E-state index is 13.4. The minimum Gasteiger partial charge on any atom is -0.371 e. The fourth-order valence-corrected chi connectivity index (χ4v) is 4.94. The second-order valence-electron chi connectivity index (χ2n) is 9.26. The predicted octanol–water partition coefficient (Wildman–Crippen LogP) is 4.81. The highest BCUT2D eigenvalue weighted by atomic mass is 35.5. The molecule has 2 N–H and O–H groups in total. The van der Waals surface area contributed by atoms with E-state index in [9.17, 15) is 4.79 Å². The smallest absolute Gasteiger partial charge is 0.261 e. The molecule has 36 heavy (non-hydrogen) atoms. The van der Waals surface area contributed by atoms with Crippen LogP contribution in [0.25, 0.3) is 22.3 Å². The van der Waals surface area contributed by atoms with E-state index in [0.29, 0.717) is 46.9 Å². The summed E-state index contributed by atoms with van der Waals surface area (Å²) in [6.07, 6.45) is 5.96. The van der Waals surface area contributed by atoms with Crippen LogP contribution in [0.5, 0.6) is 0 Å². The van der Waals surface area contributed by atoms with E-state index in [0.717, 1.165) is 35.3 Å². The number of nitrogens with one attached hydrogen (secondary N) is 2. The molecule has 0 spiro atoms. The van der Waals surface area contributed by atoms with Crippen molar-refractivity contribution in [1.82, 2.24) is 24.8 Å². The number of benzene rings is 1. The molecule has 0 amide bonds. The van der Waals surface area contributed by atoms with Gasteiger partial charge in [-0.2, -0.15) is 4.98 Å². The van der Waals surface area contributed by atoms with Gasteiger partial charge in [0.05, 0.1) is 29.0 Å². The monoisotopic (exact) mass is 502 g/mol. The number of nitrogens with zero attached hydrogens (tertiary/aromatic N) is 4. The molecule has 0 radical (unpaired) electrons. The number of fused-ring (bicyclic) bond motifs is 1. The molecule has 4 heterocycles. The van der Waals surface area contributed by atoms with E-state index in [1.54, 1.807) is 16.8 Å². The lowest BCUT2D eigenvalue weighted by molar-refractivity contribution is 0.0277. The zero-order valence-corrected chi connectivity index (χ0v) is 20.8. The van der Waals surface area contributed by atoms with Crippen molar-refractivity contribution in [3.05, 3.63) is 75.3 Å². The lowest BCUT2D eigenvalue weighted by Gasteiger charge is -2.24. The number of halogens is 1. The summed E-state index contributed by atoms with van der Waals surface area (Å²) >= 11 is 6.57. The van der Waals surface area contributed by atoms with E-state index >= 15 is 0 Å². The molecular weight excluding hydrogens is 476 g/mol. The maximum Gasteiger partial charge on any atom is 0.261 e. The number of anilines is 2. The van der Waals surface area contributed by atoms with Gasteiger partial charge in [-0.1, -0.05) is 23.7 Å². The van der Waals surface area contributed by atoms with Crippen LogP contribution in [0.2, 0.25) is 5.02 Å². The van der Waals surface area contributed by atoms with Crippen LogP contribution < -0.4 is 16.2 Å². The summed E-state index contributed by atoms with van der Waals surface area (Å²) in [5.74, 6) is 0.964. The molecule has 1 aliphatic heterocycles. The molecule has 8 nitrogen and oxygen atoms in total. The molecule has 1 unspecified atom stereocenters. The Bertz CT molecular complexity index is 1480. The van der Waals surface area contributed by atoms with Crippen molar-refractivity contribution in [2.45, 2.75) is 38.3 Å². The summed E-state index contributed by atoms with van der Waals surface area (Å²) < 4.78 is 7.46. The molecule has 1 aromatic carbocycles. The Labute approximate surface area is 213 Å². The van der Waals surface area contributed by atoms with E-state index in [1.165, 1.54) is 12.8 Å². The minimum atomic E-state index is -0.173. The number of pyridine rings is 2. The molecular formula is C27H27ClN6O2. The molecule has 1 saturated heterocycles. The standard InChI is InChI=1S/C27H27ClN6O2/c1-2-34-25-19(11-21(26(34)35)24-22(28)12-18(13-30-24)16-3-4-16)14-31-27(33-25)32-20-7-5-17(6-8-20)23-15-29-9-10-36-23/h5-8,11-14,16,23,29H,2-4,9-10,15H2,1H3,(H,31,32,33). The first-order chi connectivity index (χ1) is 17.6. The highest BCUT2D eigenvalue weighted by molar-refractivity contribution is 6.33. The Morgan fingerprint density at radius 3 is 2.67 bits per heavy atom. The predicted molar refractivity (Wildman–Crippen MR) is 141 cm³/mol. The van der Waals surface area contributed by atoms with Gasteiger partial charge in [-0.15, -0.1) is 0 Å². The first kappa shape index (κ1) is 23.1. The topological polar surface area (TPSA) is 94.0 Å². The van der Waals surface area contributed by atoms with Crippen LogP contribution >= 0.6 is 11.6 Å². The molecule has 2 fully saturated rings. The van der Waals surface area contributed by atoms with Crippen molar-refractivity contribution < 1.29 is 4.74 Å². The zero-order chi connectivity index (χ0) is 24.6. The fraction of sp³-hybridized carbons (Fsp3) is 0.333. The van der Waals surface area contributed by atoms with E-state index in [2.05, 4.69) is 25.6 Å². The van der Waals surface area contributed by atoms with Gasteiger partial charge in [-0.3, -0.25) is 14.3 Å². The lowest BCUT2D eigenvalue weighted by Crippen LogP contribution is -2.33. The number of hydrogen-bond acceptors (Lipinski definition) is 7. The van der Waals surface area contributed by atoms with Gasteiger partial charge in [0, 0.05) is 43.1 Å². The second kappa shape index (κ2) is 9.61. The SMILES string of the molecule is CCn1c(=O)c(-c2ncc(C3CC3)cc2Cl)cc2cnc(Nc3ccc(C4CNCCO4)cc3)nc21. The third-order valence-electron chi connectivity index (χ3n) is 6.78. The van der Waals surface area contributed by atoms with Gasteiger partial charge in [0.1, 0.15) is 5.65 Å². The third-order valence-corrected chi connectivity index (χ3v) is 7.06. The van der Waals surface area contributed by atoms with Crippen LogP contribution in [-0.2, 0) is 11.3 Å². The molecule has 2 aliphatic rings. The molecule has 1 aliphatic carbocycles. The van der Waals surface area contributed by atoms with Gasteiger partial charge in [0.25, 0.3) is 5.56 Å². The van der Waals surface area contributed by atoms with Crippen LogP contribution in [0.15, 0.2) is 53.6 Å². The normalized spacial score (nSPS) is 17.9. The second-order valence-corrected chi connectivity index (χ2v) is 9.67. The van der Waals surface area contributed by atoms with Gasteiger partial charge >= 0.3 is 0 Å². The van der Waals surface area contributed by atoms with Gasteiger partial charge in [0.15, 0.2) is 0 Å². The first-order valence-corrected chi connectivity index (χ1v) is 12.7. The zero-order valence-electron chi connectivity index (χ0n) is 20.0. The average Bonchev–Trinajstić information content (AvgIpc) is 3.75. The summed E-state index contributed by atoms with van der Waals surface area (Å²) in [6, 6.07) is 11.8. The van der Waals surface area contributed by atoms with Crippen molar-refractivity contribution >= 4 is 34.3 Å². The summed E-state index contributed by atoms with van der Waals surface area (Å²) in [5, 5.41) is 7.84. The molecule has 3 aromatic heterocycles. The highest BCUT2D eigenvalue weighted by Crippen LogP contribution is 2.41. The Kier molecular flexibility index (Phi) is 6.17. The number of aromatic nitrogens is 4. The average molecular weight is 503 g/mol. The number of ether oxygens (including phenoxy) is 1. The summed E-state index contributed by atoms with van der Waals surface area (Å²) in [5.41, 5.74) is 4.45. The van der Waals surface area contributed by atoms with Gasteiger partial charge in [0.2, 0.25) is 5.95 Å². The van der Waals surface area contributed by atoms with Crippen molar-refractivity contribution in [3.8, 4) is 11.3 Å². The van der Waals surface area contributed by atoms with E-state index in [1.807, 2.05) is 43.5 Å². The van der Waals surface area contributed by atoms with E-state index < -0.39 is 0 Å². The Morgan fingerprint density at radius 2 is 1.97 bits per heavy atom.